The largest absolute Gasteiger partial charge is 0.396 e. The van der Waals surface area contributed by atoms with Crippen LogP contribution < -0.4 is 5.69 Å². The van der Waals surface area contributed by atoms with Crippen LogP contribution >= 0.6 is 0 Å². The van der Waals surface area contributed by atoms with Crippen molar-refractivity contribution in [2.45, 2.75) is 32.4 Å². The lowest BCUT2D eigenvalue weighted by Crippen LogP contribution is -2.27. The topological polar surface area (TPSA) is 82.2 Å². The lowest BCUT2D eigenvalue weighted by Gasteiger charge is -2.10. The van der Waals surface area contributed by atoms with Crippen molar-refractivity contribution in [3.05, 3.63) is 58.8 Å². The quantitative estimate of drug-likeness (QED) is 0.532. The normalized spacial score (nSPS) is 13.8. The van der Waals surface area contributed by atoms with Crippen molar-refractivity contribution in [2.75, 3.05) is 13.7 Å². The maximum absolute atomic E-state index is 12.9. The lowest BCUT2D eigenvalue weighted by molar-refractivity contribution is 0.103. The summed E-state index contributed by atoms with van der Waals surface area (Å²) in [6.45, 7) is 4.45. The van der Waals surface area contributed by atoms with E-state index in [2.05, 4.69) is 9.97 Å². The first-order valence-corrected chi connectivity index (χ1v) is 10.0. The summed E-state index contributed by atoms with van der Waals surface area (Å²) in [5.41, 5.74) is 5.15. The number of ether oxygens (including phenoxy) is 1. The number of hydrogen-bond acceptors (Lipinski definition) is 5. The zero-order chi connectivity index (χ0) is 21.4. The summed E-state index contributed by atoms with van der Waals surface area (Å²) in [5, 5.41) is 10.2. The number of imidazole rings is 1. The van der Waals surface area contributed by atoms with Gasteiger partial charge in [-0.25, -0.2) is 4.79 Å². The number of methoxy groups -OCH3 is 1. The van der Waals surface area contributed by atoms with Crippen LogP contribution in [0.2, 0.25) is 0 Å². The number of aryl methyl sites for hydroxylation is 1. The van der Waals surface area contributed by atoms with E-state index in [1.165, 1.54) is 0 Å². The molecule has 3 aromatic heterocycles. The summed E-state index contributed by atoms with van der Waals surface area (Å²) in [7, 11) is 3.43. The molecule has 0 radical (unpaired) electrons. The van der Waals surface area contributed by atoms with E-state index in [-0.39, 0.29) is 24.3 Å². The number of hydrogen-bond donors (Lipinski definition) is 1. The molecule has 0 aliphatic rings. The Bertz CT molecular complexity index is 1260. The molecule has 156 valence electrons. The molecule has 0 aliphatic carbocycles. The molecule has 4 aromatic rings. The third kappa shape index (κ3) is 3.40. The van der Waals surface area contributed by atoms with Gasteiger partial charge in [0.2, 0.25) is 0 Å². The highest BCUT2D eigenvalue weighted by atomic mass is 16.5. The monoisotopic (exact) mass is 406 g/mol. The van der Waals surface area contributed by atoms with Crippen molar-refractivity contribution in [3.63, 3.8) is 0 Å². The number of pyridine rings is 2. The standard InChI is InChI=1S/C23H26N4O3/c1-14(13-28)17-6-7-19(24-10-17)16-5-8-20-18(9-16)22-21(11-25-20)27(12-15(2)30-4)23(29)26(22)3/h5-11,14-15,28H,12-13H2,1-4H3/t14?,15-/m0/s1. The molecule has 0 saturated heterocycles. The van der Waals surface area contributed by atoms with Gasteiger partial charge in [0.15, 0.2) is 0 Å². The molecular weight excluding hydrogens is 380 g/mol. The molecule has 30 heavy (non-hydrogen) atoms. The molecule has 0 fully saturated rings. The number of rotatable bonds is 6. The molecule has 3 heterocycles. The van der Waals surface area contributed by atoms with Crippen LogP contribution in [0.5, 0.6) is 0 Å². The number of nitrogens with zero attached hydrogens (tertiary/aromatic N) is 4. The molecule has 1 aromatic carbocycles. The van der Waals surface area contributed by atoms with Gasteiger partial charge in [0.1, 0.15) is 0 Å². The number of fused-ring (bicyclic) bond motifs is 3. The second-order valence-corrected chi connectivity index (χ2v) is 7.78. The number of aromatic nitrogens is 4. The fraction of sp³-hybridized carbons (Fsp3) is 0.348. The minimum Gasteiger partial charge on any atom is -0.396 e. The van der Waals surface area contributed by atoms with Crippen molar-refractivity contribution in [1.29, 1.82) is 0 Å². The van der Waals surface area contributed by atoms with Gasteiger partial charge in [0, 0.05) is 43.8 Å². The van der Waals surface area contributed by atoms with Crippen LogP contribution in [0.25, 0.3) is 33.2 Å². The highest BCUT2D eigenvalue weighted by molar-refractivity contribution is 6.03. The zero-order valence-corrected chi connectivity index (χ0v) is 17.7. The summed E-state index contributed by atoms with van der Waals surface area (Å²) in [5.74, 6) is 0.0516. The van der Waals surface area contributed by atoms with E-state index in [1.807, 2.05) is 44.2 Å². The van der Waals surface area contributed by atoms with E-state index in [4.69, 9.17) is 4.74 Å². The summed E-state index contributed by atoms with van der Waals surface area (Å²) in [6.07, 6.45) is 3.47. The SMILES string of the molecule is CO[C@@H](C)Cn1c(=O)n(C)c2c3cc(-c4ccc(C(C)CO)cn4)ccc3ncc21. The van der Waals surface area contributed by atoms with Crippen LogP contribution in [0, 0.1) is 0 Å². The van der Waals surface area contributed by atoms with E-state index in [0.29, 0.717) is 6.54 Å². The van der Waals surface area contributed by atoms with Crippen LogP contribution in [0.3, 0.4) is 0 Å². The first-order valence-electron chi connectivity index (χ1n) is 10.0. The van der Waals surface area contributed by atoms with Crippen molar-refractivity contribution < 1.29 is 9.84 Å². The van der Waals surface area contributed by atoms with Gasteiger partial charge in [-0.1, -0.05) is 19.1 Å². The molecule has 7 nitrogen and oxygen atoms in total. The van der Waals surface area contributed by atoms with Crippen LogP contribution in [-0.2, 0) is 18.3 Å². The van der Waals surface area contributed by atoms with Gasteiger partial charge >= 0.3 is 5.69 Å². The number of benzene rings is 1. The first-order chi connectivity index (χ1) is 14.4. The average Bonchev–Trinajstić information content (AvgIpc) is 3.03. The Balaban J connectivity index is 1.86. The van der Waals surface area contributed by atoms with Gasteiger partial charge < -0.3 is 9.84 Å². The van der Waals surface area contributed by atoms with Crippen LogP contribution in [0.4, 0.5) is 0 Å². The third-order valence-corrected chi connectivity index (χ3v) is 5.73. The average molecular weight is 406 g/mol. The summed E-state index contributed by atoms with van der Waals surface area (Å²) < 4.78 is 8.74. The van der Waals surface area contributed by atoms with Crippen LogP contribution in [-0.4, -0.2) is 44.0 Å². The Morgan fingerprint density at radius 1 is 1.13 bits per heavy atom. The maximum atomic E-state index is 12.9. The Kier molecular flexibility index (Phi) is 5.40. The predicted octanol–water partition coefficient (Wildman–Crippen LogP) is 3.08. The molecule has 1 unspecified atom stereocenters. The van der Waals surface area contributed by atoms with E-state index < -0.39 is 0 Å². The van der Waals surface area contributed by atoms with E-state index in [9.17, 15) is 9.90 Å². The zero-order valence-electron chi connectivity index (χ0n) is 17.7. The Labute approximate surface area is 174 Å². The Morgan fingerprint density at radius 3 is 2.60 bits per heavy atom. The molecule has 0 spiro atoms. The summed E-state index contributed by atoms with van der Waals surface area (Å²) in [4.78, 5) is 22.0. The van der Waals surface area contributed by atoms with Crippen molar-refractivity contribution >= 4 is 21.9 Å². The fourth-order valence-corrected chi connectivity index (χ4v) is 3.74. The first kappa shape index (κ1) is 20.3. The minimum atomic E-state index is -0.0888. The van der Waals surface area contributed by atoms with Crippen molar-refractivity contribution in [2.24, 2.45) is 7.05 Å². The number of aliphatic hydroxyl groups is 1. The Hall–Kier alpha value is -3.03. The lowest BCUT2D eigenvalue weighted by atomic mass is 10.0. The van der Waals surface area contributed by atoms with Gasteiger partial charge in [-0.15, -0.1) is 0 Å². The van der Waals surface area contributed by atoms with Gasteiger partial charge in [-0.3, -0.25) is 19.1 Å². The fourth-order valence-electron chi connectivity index (χ4n) is 3.74. The highest BCUT2D eigenvalue weighted by Crippen LogP contribution is 2.28. The molecule has 0 aliphatic heterocycles. The summed E-state index contributed by atoms with van der Waals surface area (Å²) in [6, 6.07) is 9.92. The molecule has 1 N–H and O–H groups in total. The second kappa shape index (κ2) is 8.01. The molecule has 7 heteroatoms. The smallest absolute Gasteiger partial charge is 0.328 e. The molecule has 0 bridgehead atoms. The van der Waals surface area contributed by atoms with E-state index in [1.54, 1.807) is 35.7 Å². The highest BCUT2D eigenvalue weighted by Gasteiger charge is 2.17. The minimum absolute atomic E-state index is 0.0516. The number of aliphatic hydroxyl groups excluding tert-OH is 1. The van der Waals surface area contributed by atoms with Gasteiger partial charge in [-0.2, -0.15) is 0 Å². The van der Waals surface area contributed by atoms with Gasteiger partial charge in [-0.05, 0) is 30.7 Å². The predicted molar refractivity (Wildman–Crippen MR) is 118 cm³/mol. The third-order valence-electron chi connectivity index (χ3n) is 5.73. The molecule has 2 atom stereocenters. The van der Waals surface area contributed by atoms with E-state index in [0.717, 1.165) is 38.8 Å². The Morgan fingerprint density at radius 2 is 1.93 bits per heavy atom. The van der Waals surface area contributed by atoms with Crippen LogP contribution in [0.15, 0.2) is 47.5 Å². The second-order valence-electron chi connectivity index (χ2n) is 7.78. The molecule has 4 rings (SSSR count). The molecule has 0 saturated carbocycles. The van der Waals surface area contributed by atoms with Gasteiger partial charge in [0.25, 0.3) is 0 Å². The van der Waals surface area contributed by atoms with Crippen LogP contribution in [0.1, 0.15) is 25.3 Å². The van der Waals surface area contributed by atoms with Gasteiger partial charge in [0.05, 0.1) is 41.1 Å². The van der Waals surface area contributed by atoms with E-state index >= 15 is 0 Å². The molecular formula is C23H26N4O3. The summed E-state index contributed by atoms with van der Waals surface area (Å²) >= 11 is 0. The maximum Gasteiger partial charge on any atom is 0.328 e. The van der Waals surface area contributed by atoms with Crippen molar-refractivity contribution in [3.8, 4) is 11.3 Å². The molecule has 0 amide bonds. The van der Waals surface area contributed by atoms with Crippen molar-refractivity contribution in [1.82, 2.24) is 19.1 Å².